The van der Waals surface area contributed by atoms with Crippen LogP contribution >= 0.6 is 11.8 Å². The van der Waals surface area contributed by atoms with Crippen LogP contribution < -0.4 is 5.32 Å². The largest absolute Gasteiger partial charge is 0.376 e. The number of fused-ring (bicyclic) bond motifs is 1. The molecular weight excluding hydrogens is 177 g/mol. The molecule has 2 nitrogen and oxygen atoms in total. The topological polar surface area (TPSA) is 29.1 Å². The number of hydrogen-bond donors (Lipinski definition) is 1. The molecule has 0 fully saturated rings. The standard InChI is InChI=1S/C8H6FNOS/c9-5-1-2-7-6(3-5)10-4-8(11)12-7/h1-3,10H,4H2. The highest BCUT2D eigenvalue weighted by Crippen LogP contribution is 2.31. The number of hydrogen-bond acceptors (Lipinski definition) is 3. The summed E-state index contributed by atoms with van der Waals surface area (Å²) in [6, 6.07) is 4.36. The number of thioether (sulfide) groups is 1. The molecule has 0 bridgehead atoms. The van der Waals surface area contributed by atoms with Gasteiger partial charge in [0.2, 0.25) is 5.12 Å². The smallest absolute Gasteiger partial charge is 0.212 e. The average Bonchev–Trinajstić information content (AvgIpc) is 2.05. The Hall–Kier alpha value is -1.03. The third kappa shape index (κ3) is 1.30. The van der Waals surface area contributed by atoms with Crippen LogP contribution in [0.1, 0.15) is 0 Å². The maximum atomic E-state index is 12.7. The first-order chi connectivity index (χ1) is 5.75. The molecule has 1 aliphatic heterocycles. The monoisotopic (exact) mass is 183 g/mol. The second-order valence-electron chi connectivity index (χ2n) is 2.47. The van der Waals surface area contributed by atoms with Gasteiger partial charge in [-0.25, -0.2) is 4.39 Å². The minimum absolute atomic E-state index is 0.0640. The minimum atomic E-state index is -0.281. The van der Waals surface area contributed by atoms with E-state index in [1.807, 2.05) is 0 Å². The molecule has 62 valence electrons. The van der Waals surface area contributed by atoms with E-state index in [-0.39, 0.29) is 17.5 Å². The normalized spacial score (nSPS) is 15.2. The van der Waals surface area contributed by atoms with Crippen molar-refractivity contribution in [3.63, 3.8) is 0 Å². The van der Waals surface area contributed by atoms with Gasteiger partial charge < -0.3 is 5.32 Å². The number of halogens is 1. The highest BCUT2D eigenvalue weighted by molar-refractivity contribution is 8.14. The predicted octanol–water partition coefficient (Wildman–Crippen LogP) is 1.87. The van der Waals surface area contributed by atoms with Crippen LogP contribution in [0.25, 0.3) is 0 Å². The number of anilines is 1. The highest BCUT2D eigenvalue weighted by Gasteiger charge is 2.15. The third-order valence-corrected chi connectivity index (χ3v) is 2.54. The fourth-order valence-electron chi connectivity index (χ4n) is 1.06. The van der Waals surface area contributed by atoms with E-state index in [1.165, 1.54) is 12.1 Å². The summed E-state index contributed by atoms with van der Waals surface area (Å²) in [5.41, 5.74) is 0.708. The first-order valence-electron chi connectivity index (χ1n) is 3.50. The summed E-state index contributed by atoms with van der Waals surface area (Å²) >= 11 is 1.15. The van der Waals surface area contributed by atoms with Crippen molar-refractivity contribution in [1.82, 2.24) is 0 Å². The van der Waals surface area contributed by atoms with Gasteiger partial charge in [0.1, 0.15) is 5.82 Å². The third-order valence-electron chi connectivity index (χ3n) is 1.59. The molecule has 1 aromatic carbocycles. The van der Waals surface area contributed by atoms with E-state index in [4.69, 9.17) is 0 Å². The van der Waals surface area contributed by atoms with Crippen molar-refractivity contribution in [2.24, 2.45) is 0 Å². The molecule has 1 N–H and O–H groups in total. The predicted molar refractivity (Wildman–Crippen MR) is 45.8 cm³/mol. The minimum Gasteiger partial charge on any atom is -0.376 e. The van der Waals surface area contributed by atoms with Crippen LogP contribution in [0.5, 0.6) is 0 Å². The van der Waals surface area contributed by atoms with Gasteiger partial charge in [-0.15, -0.1) is 0 Å². The zero-order valence-electron chi connectivity index (χ0n) is 6.13. The molecule has 1 aromatic rings. The van der Waals surface area contributed by atoms with Crippen LogP contribution in [0, 0.1) is 5.82 Å². The van der Waals surface area contributed by atoms with Crippen LogP contribution in [0.2, 0.25) is 0 Å². The number of rotatable bonds is 0. The van der Waals surface area contributed by atoms with Crippen molar-refractivity contribution in [3.8, 4) is 0 Å². The summed E-state index contributed by atoms with van der Waals surface area (Å²) in [5.74, 6) is -0.281. The molecule has 0 amide bonds. The zero-order valence-corrected chi connectivity index (χ0v) is 6.95. The van der Waals surface area contributed by atoms with Crippen LogP contribution in [0.4, 0.5) is 10.1 Å². The SMILES string of the molecule is O=C1CNc2cc(F)ccc2S1. The fraction of sp³-hybridized carbons (Fsp3) is 0.125. The molecule has 0 aromatic heterocycles. The number of nitrogens with one attached hydrogen (secondary N) is 1. The van der Waals surface area contributed by atoms with Crippen LogP contribution in [-0.4, -0.2) is 11.7 Å². The molecule has 1 aliphatic rings. The summed E-state index contributed by atoms with van der Waals surface area (Å²) in [6.45, 7) is 0.279. The van der Waals surface area contributed by atoms with Gasteiger partial charge in [0.05, 0.1) is 12.2 Å². The van der Waals surface area contributed by atoms with Crippen molar-refractivity contribution in [2.45, 2.75) is 4.90 Å². The quantitative estimate of drug-likeness (QED) is 0.665. The lowest BCUT2D eigenvalue weighted by molar-refractivity contribution is -0.109. The number of benzene rings is 1. The van der Waals surface area contributed by atoms with Gasteiger partial charge in [0.15, 0.2) is 0 Å². The molecule has 0 spiro atoms. The lowest BCUT2D eigenvalue weighted by atomic mass is 10.3. The summed E-state index contributed by atoms with van der Waals surface area (Å²) in [6.07, 6.45) is 0. The van der Waals surface area contributed by atoms with Gasteiger partial charge in [-0.3, -0.25) is 4.79 Å². The molecule has 0 saturated heterocycles. The summed E-state index contributed by atoms with van der Waals surface area (Å²) < 4.78 is 12.7. The molecule has 0 radical (unpaired) electrons. The van der Waals surface area contributed by atoms with E-state index in [0.717, 1.165) is 16.7 Å². The number of carbonyl (C=O) groups excluding carboxylic acids is 1. The van der Waals surface area contributed by atoms with Gasteiger partial charge in [-0.05, 0) is 30.0 Å². The van der Waals surface area contributed by atoms with Crippen LogP contribution in [0.3, 0.4) is 0 Å². The summed E-state index contributed by atoms with van der Waals surface area (Å²) in [7, 11) is 0. The Morgan fingerprint density at radius 1 is 1.50 bits per heavy atom. The first-order valence-corrected chi connectivity index (χ1v) is 4.31. The lowest BCUT2D eigenvalue weighted by Gasteiger charge is -2.15. The Kier molecular flexibility index (Phi) is 1.77. The molecule has 2 rings (SSSR count). The van der Waals surface area contributed by atoms with Crippen molar-refractivity contribution in [3.05, 3.63) is 24.0 Å². The average molecular weight is 183 g/mol. The molecule has 0 aliphatic carbocycles. The maximum absolute atomic E-state index is 12.7. The van der Waals surface area contributed by atoms with Crippen molar-refractivity contribution < 1.29 is 9.18 Å². The van der Waals surface area contributed by atoms with Gasteiger partial charge in [0, 0.05) is 4.90 Å². The number of carbonyl (C=O) groups is 1. The summed E-state index contributed by atoms with van der Waals surface area (Å²) in [4.78, 5) is 11.7. The highest BCUT2D eigenvalue weighted by atomic mass is 32.2. The van der Waals surface area contributed by atoms with Crippen LogP contribution in [-0.2, 0) is 4.79 Å². The van der Waals surface area contributed by atoms with Crippen molar-refractivity contribution in [2.75, 3.05) is 11.9 Å². The van der Waals surface area contributed by atoms with Gasteiger partial charge in [-0.2, -0.15) is 0 Å². The zero-order chi connectivity index (χ0) is 8.55. The Bertz CT molecular complexity index is 340. The molecule has 1 heterocycles. The van der Waals surface area contributed by atoms with Gasteiger partial charge in [-0.1, -0.05) is 0 Å². The Morgan fingerprint density at radius 3 is 3.17 bits per heavy atom. The lowest BCUT2D eigenvalue weighted by Crippen LogP contribution is -2.15. The van der Waals surface area contributed by atoms with E-state index in [1.54, 1.807) is 6.07 Å². The Morgan fingerprint density at radius 2 is 2.33 bits per heavy atom. The first kappa shape index (κ1) is 7.61. The summed E-state index contributed by atoms with van der Waals surface area (Å²) in [5, 5.41) is 2.91. The van der Waals surface area contributed by atoms with Gasteiger partial charge >= 0.3 is 0 Å². The molecule has 4 heteroatoms. The van der Waals surface area contributed by atoms with Crippen molar-refractivity contribution >= 4 is 22.6 Å². The van der Waals surface area contributed by atoms with Crippen LogP contribution in [0.15, 0.2) is 23.1 Å². The van der Waals surface area contributed by atoms with E-state index in [9.17, 15) is 9.18 Å². The molecule has 12 heavy (non-hydrogen) atoms. The Balaban J connectivity index is 2.43. The van der Waals surface area contributed by atoms with E-state index in [2.05, 4.69) is 5.32 Å². The van der Waals surface area contributed by atoms with E-state index < -0.39 is 0 Å². The van der Waals surface area contributed by atoms with E-state index >= 15 is 0 Å². The second kappa shape index (κ2) is 2.79. The molecular formula is C8H6FNOS. The molecule has 0 unspecified atom stereocenters. The van der Waals surface area contributed by atoms with Gasteiger partial charge in [0.25, 0.3) is 0 Å². The second-order valence-corrected chi connectivity index (χ2v) is 3.57. The molecule has 0 atom stereocenters. The maximum Gasteiger partial charge on any atom is 0.212 e. The van der Waals surface area contributed by atoms with Crippen molar-refractivity contribution in [1.29, 1.82) is 0 Å². The Labute approximate surface area is 73.2 Å². The fourth-order valence-corrected chi connectivity index (χ4v) is 1.82. The van der Waals surface area contributed by atoms with E-state index in [0.29, 0.717) is 5.69 Å². The molecule has 0 saturated carbocycles.